The molecule has 0 saturated heterocycles. The van der Waals surface area contributed by atoms with E-state index in [2.05, 4.69) is 60.7 Å². The van der Waals surface area contributed by atoms with E-state index in [0.29, 0.717) is 11.1 Å². The van der Waals surface area contributed by atoms with Crippen molar-refractivity contribution in [3.05, 3.63) is 119 Å². The predicted octanol–water partition coefficient (Wildman–Crippen LogP) is 6.94. The first-order valence-corrected chi connectivity index (χ1v) is 10.4. The molecule has 0 aliphatic rings. The summed E-state index contributed by atoms with van der Waals surface area (Å²) in [7, 11) is 0. The Bertz CT molecular complexity index is 1120. The summed E-state index contributed by atoms with van der Waals surface area (Å²) < 4.78 is 0. The van der Waals surface area contributed by atoms with Gasteiger partial charge in [-0.05, 0) is 76.9 Å². The number of hydrogen-bond acceptors (Lipinski definition) is 2. The van der Waals surface area contributed by atoms with E-state index in [1.807, 2.05) is 48.5 Å². The van der Waals surface area contributed by atoms with Crippen LogP contribution in [0.25, 0.3) is 22.3 Å². The number of hydrogen-bond donors (Lipinski definition) is 0. The first-order valence-electron chi connectivity index (χ1n) is 10.4. The van der Waals surface area contributed by atoms with Crippen LogP contribution >= 0.6 is 0 Å². The molecule has 0 aliphatic heterocycles. The molecule has 4 aromatic carbocycles. The number of benzene rings is 4. The number of nitrogens with zero attached hydrogens (tertiary/aromatic N) is 2. The van der Waals surface area contributed by atoms with Crippen LogP contribution in [0.5, 0.6) is 0 Å². The minimum Gasteiger partial charge on any atom is -0.192 e. The van der Waals surface area contributed by atoms with E-state index in [1.165, 1.54) is 22.3 Å². The first kappa shape index (κ1) is 20.1. The topological polar surface area (TPSA) is 47.6 Å². The predicted molar refractivity (Wildman–Crippen MR) is 125 cm³/mol. The molecule has 0 spiro atoms. The monoisotopic (exact) mass is 398 g/mol. The van der Waals surface area contributed by atoms with Gasteiger partial charge in [0.25, 0.3) is 0 Å². The van der Waals surface area contributed by atoms with Gasteiger partial charge in [0, 0.05) is 0 Å². The number of aryl methyl sites for hydroxylation is 2. The molecular formula is C29H22N2. The Morgan fingerprint density at radius 1 is 0.419 bits per heavy atom. The molecule has 4 aromatic rings. The van der Waals surface area contributed by atoms with Gasteiger partial charge in [0.15, 0.2) is 0 Å². The van der Waals surface area contributed by atoms with E-state index in [0.717, 1.165) is 30.4 Å². The second-order valence-corrected chi connectivity index (χ2v) is 7.63. The van der Waals surface area contributed by atoms with Gasteiger partial charge in [-0.1, -0.05) is 72.8 Å². The maximum Gasteiger partial charge on any atom is 0.0991 e. The molecule has 0 atom stereocenters. The molecule has 0 aromatic heterocycles. The quantitative estimate of drug-likeness (QED) is 0.353. The second-order valence-electron chi connectivity index (χ2n) is 7.63. The van der Waals surface area contributed by atoms with Crippen molar-refractivity contribution in [1.29, 1.82) is 10.5 Å². The molecule has 0 fully saturated rings. The Balaban J connectivity index is 1.31. The Morgan fingerprint density at radius 2 is 0.710 bits per heavy atom. The summed E-state index contributed by atoms with van der Waals surface area (Å²) in [5, 5.41) is 17.8. The minimum atomic E-state index is 0.685. The van der Waals surface area contributed by atoms with Crippen LogP contribution in [0, 0.1) is 22.7 Å². The fourth-order valence-electron chi connectivity index (χ4n) is 3.70. The summed E-state index contributed by atoms with van der Waals surface area (Å²) in [6, 6.07) is 37.1. The van der Waals surface area contributed by atoms with Crippen molar-refractivity contribution in [3.63, 3.8) is 0 Å². The van der Waals surface area contributed by atoms with Crippen molar-refractivity contribution in [2.75, 3.05) is 0 Å². The van der Waals surface area contributed by atoms with Gasteiger partial charge >= 0.3 is 0 Å². The Hall–Kier alpha value is -4.14. The molecule has 0 radical (unpaired) electrons. The van der Waals surface area contributed by atoms with Gasteiger partial charge in [0.2, 0.25) is 0 Å². The Labute approximate surface area is 183 Å². The third kappa shape index (κ3) is 5.08. The summed E-state index contributed by atoms with van der Waals surface area (Å²) in [5.41, 5.74) is 8.66. The van der Waals surface area contributed by atoms with Crippen LogP contribution in [0.3, 0.4) is 0 Å². The normalized spacial score (nSPS) is 10.3. The lowest BCUT2D eigenvalue weighted by atomic mass is 9.98. The average Bonchev–Trinajstić information content (AvgIpc) is 2.85. The standard InChI is InChI=1S/C29H22N2/c30-20-24-8-16-28(17-9-24)26-12-4-22(5-13-26)2-1-3-23-6-14-27(15-7-23)29-18-10-25(21-31)11-19-29/h4-19H,1-3H2. The zero-order chi connectivity index (χ0) is 21.5. The maximum absolute atomic E-state index is 8.92. The van der Waals surface area contributed by atoms with E-state index in [9.17, 15) is 0 Å². The third-order valence-electron chi connectivity index (χ3n) is 5.53. The SMILES string of the molecule is N#Cc1ccc(-c2ccc(CCCc3ccc(-c4ccc(C#N)cc4)cc3)cc2)cc1. The lowest BCUT2D eigenvalue weighted by Crippen LogP contribution is -1.91. The van der Waals surface area contributed by atoms with Crippen LogP contribution in [0.1, 0.15) is 28.7 Å². The minimum absolute atomic E-state index is 0.685. The average molecular weight is 399 g/mol. The van der Waals surface area contributed by atoms with Crippen molar-refractivity contribution in [3.8, 4) is 34.4 Å². The zero-order valence-electron chi connectivity index (χ0n) is 17.3. The van der Waals surface area contributed by atoms with Gasteiger partial charge in [0.1, 0.15) is 0 Å². The van der Waals surface area contributed by atoms with Crippen LogP contribution in [0.2, 0.25) is 0 Å². The van der Waals surface area contributed by atoms with Gasteiger partial charge in [-0.15, -0.1) is 0 Å². The molecule has 2 heteroatoms. The Kier molecular flexibility index (Phi) is 6.22. The van der Waals surface area contributed by atoms with E-state index in [4.69, 9.17) is 10.5 Å². The lowest BCUT2D eigenvalue weighted by Gasteiger charge is -2.07. The molecule has 0 unspecified atom stereocenters. The maximum atomic E-state index is 8.92. The smallest absolute Gasteiger partial charge is 0.0991 e. The molecule has 148 valence electrons. The van der Waals surface area contributed by atoms with Crippen LogP contribution in [0.15, 0.2) is 97.1 Å². The molecule has 0 heterocycles. The third-order valence-corrected chi connectivity index (χ3v) is 5.53. The van der Waals surface area contributed by atoms with Gasteiger partial charge in [-0.2, -0.15) is 10.5 Å². The van der Waals surface area contributed by atoms with Gasteiger partial charge in [-0.25, -0.2) is 0 Å². The highest BCUT2D eigenvalue weighted by Gasteiger charge is 2.02. The molecule has 0 aliphatic carbocycles. The number of rotatable bonds is 6. The summed E-state index contributed by atoms with van der Waals surface area (Å²) in [5.74, 6) is 0. The zero-order valence-corrected chi connectivity index (χ0v) is 17.3. The second kappa shape index (κ2) is 9.57. The largest absolute Gasteiger partial charge is 0.192 e. The Morgan fingerprint density at radius 3 is 1.00 bits per heavy atom. The van der Waals surface area contributed by atoms with Gasteiger partial charge in [-0.3, -0.25) is 0 Å². The van der Waals surface area contributed by atoms with Crippen molar-refractivity contribution < 1.29 is 0 Å². The highest BCUT2D eigenvalue weighted by atomic mass is 14.2. The summed E-state index contributed by atoms with van der Waals surface area (Å²) in [6.45, 7) is 0. The molecule has 0 bridgehead atoms. The number of nitriles is 2. The lowest BCUT2D eigenvalue weighted by molar-refractivity contribution is 0.821. The van der Waals surface area contributed by atoms with Crippen molar-refractivity contribution >= 4 is 0 Å². The highest BCUT2D eigenvalue weighted by Crippen LogP contribution is 2.22. The van der Waals surface area contributed by atoms with Gasteiger partial charge in [0.05, 0.1) is 23.3 Å². The van der Waals surface area contributed by atoms with Crippen LogP contribution in [-0.4, -0.2) is 0 Å². The first-order chi connectivity index (χ1) is 15.2. The van der Waals surface area contributed by atoms with Crippen LogP contribution in [-0.2, 0) is 12.8 Å². The molecule has 31 heavy (non-hydrogen) atoms. The summed E-state index contributed by atoms with van der Waals surface area (Å²) in [6.07, 6.45) is 3.20. The molecular weight excluding hydrogens is 376 g/mol. The fourth-order valence-corrected chi connectivity index (χ4v) is 3.70. The molecule has 4 rings (SSSR count). The molecule has 0 saturated carbocycles. The van der Waals surface area contributed by atoms with Crippen LogP contribution in [0.4, 0.5) is 0 Å². The van der Waals surface area contributed by atoms with Crippen molar-refractivity contribution in [2.24, 2.45) is 0 Å². The van der Waals surface area contributed by atoms with Crippen LogP contribution < -0.4 is 0 Å². The van der Waals surface area contributed by atoms with Crippen molar-refractivity contribution in [2.45, 2.75) is 19.3 Å². The molecule has 2 nitrogen and oxygen atoms in total. The van der Waals surface area contributed by atoms with Crippen molar-refractivity contribution in [1.82, 2.24) is 0 Å². The van der Waals surface area contributed by atoms with E-state index in [-0.39, 0.29) is 0 Å². The summed E-state index contributed by atoms with van der Waals surface area (Å²) >= 11 is 0. The van der Waals surface area contributed by atoms with E-state index >= 15 is 0 Å². The van der Waals surface area contributed by atoms with Gasteiger partial charge < -0.3 is 0 Å². The van der Waals surface area contributed by atoms with E-state index < -0.39 is 0 Å². The molecule has 0 amide bonds. The molecule has 0 N–H and O–H groups in total. The highest BCUT2D eigenvalue weighted by molar-refractivity contribution is 5.65. The summed E-state index contributed by atoms with van der Waals surface area (Å²) in [4.78, 5) is 0. The van der Waals surface area contributed by atoms with E-state index in [1.54, 1.807) is 0 Å². The fraction of sp³-hybridized carbons (Fsp3) is 0.103.